The molecule has 1 N–H and O–H groups in total. The van der Waals surface area contributed by atoms with Gasteiger partial charge in [-0.3, -0.25) is 4.79 Å². The first kappa shape index (κ1) is 17.0. The molecule has 6 heteroatoms. The Morgan fingerprint density at radius 2 is 2.17 bits per heavy atom. The number of fused-ring (bicyclic) bond motifs is 1. The average molecular weight is 351 g/mol. The number of halogens is 2. The number of hydrogen-bond donors (Lipinski definition) is 1. The van der Waals surface area contributed by atoms with Gasteiger partial charge in [-0.05, 0) is 42.4 Å². The standard InChI is InChI=1S/C18H20ClFN2O2/c1-18(2,3)10-4-7-15-12(8-10)16(22-24-15)17(23)21-11-5-6-14(20)13(19)9-11/h5-6,9-10H,4,7-8H2,1-3H3,(H,21,23). The topological polar surface area (TPSA) is 55.1 Å². The Hall–Kier alpha value is -1.88. The van der Waals surface area contributed by atoms with E-state index in [-0.39, 0.29) is 16.3 Å². The summed E-state index contributed by atoms with van der Waals surface area (Å²) in [6.07, 6.45) is 2.59. The molecule has 24 heavy (non-hydrogen) atoms. The Bertz CT molecular complexity index is 780. The van der Waals surface area contributed by atoms with Gasteiger partial charge in [-0.15, -0.1) is 0 Å². The molecular weight excluding hydrogens is 331 g/mol. The lowest BCUT2D eigenvalue weighted by molar-refractivity contribution is 0.101. The number of hydrogen-bond acceptors (Lipinski definition) is 3. The van der Waals surface area contributed by atoms with Gasteiger partial charge >= 0.3 is 0 Å². The number of carbonyl (C=O) groups is 1. The van der Waals surface area contributed by atoms with E-state index in [2.05, 4.69) is 31.2 Å². The zero-order chi connectivity index (χ0) is 17.5. The highest BCUT2D eigenvalue weighted by molar-refractivity contribution is 6.31. The number of nitrogens with zero attached hydrogens (tertiary/aromatic N) is 1. The van der Waals surface area contributed by atoms with Crippen LogP contribution in [-0.4, -0.2) is 11.1 Å². The Balaban J connectivity index is 1.82. The van der Waals surface area contributed by atoms with Crippen LogP contribution in [0.25, 0.3) is 0 Å². The summed E-state index contributed by atoms with van der Waals surface area (Å²) in [5.74, 6) is 0.368. The normalized spacial score (nSPS) is 17.5. The van der Waals surface area contributed by atoms with Crippen LogP contribution in [0.2, 0.25) is 5.02 Å². The quantitative estimate of drug-likeness (QED) is 0.840. The van der Waals surface area contributed by atoms with E-state index in [1.807, 2.05) is 0 Å². The lowest BCUT2D eigenvalue weighted by Crippen LogP contribution is -2.27. The lowest BCUT2D eigenvalue weighted by atomic mass is 9.71. The van der Waals surface area contributed by atoms with Gasteiger partial charge < -0.3 is 9.84 Å². The Morgan fingerprint density at radius 1 is 1.42 bits per heavy atom. The van der Waals surface area contributed by atoms with Crippen LogP contribution in [0, 0.1) is 17.2 Å². The molecule has 1 amide bonds. The van der Waals surface area contributed by atoms with Crippen LogP contribution in [0.4, 0.5) is 10.1 Å². The molecule has 1 heterocycles. The van der Waals surface area contributed by atoms with Crippen LogP contribution in [0.1, 0.15) is 49.0 Å². The van der Waals surface area contributed by atoms with Crippen molar-refractivity contribution in [2.45, 2.75) is 40.0 Å². The third-order valence-electron chi connectivity index (χ3n) is 4.66. The monoisotopic (exact) mass is 350 g/mol. The van der Waals surface area contributed by atoms with Gasteiger partial charge in [0.05, 0.1) is 5.02 Å². The molecule has 0 aliphatic heterocycles. The van der Waals surface area contributed by atoms with Crippen molar-refractivity contribution in [1.82, 2.24) is 5.16 Å². The minimum absolute atomic E-state index is 0.0391. The van der Waals surface area contributed by atoms with Crippen LogP contribution in [0.3, 0.4) is 0 Å². The van der Waals surface area contributed by atoms with Crippen LogP contribution < -0.4 is 5.32 Å². The maximum absolute atomic E-state index is 13.2. The van der Waals surface area contributed by atoms with Gasteiger partial charge in [0.25, 0.3) is 5.91 Å². The summed E-state index contributed by atoms with van der Waals surface area (Å²) in [6.45, 7) is 6.61. The summed E-state index contributed by atoms with van der Waals surface area (Å²) in [5, 5.41) is 6.62. The van der Waals surface area contributed by atoms with Gasteiger partial charge in [0.2, 0.25) is 0 Å². The minimum Gasteiger partial charge on any atom is -0.360 e. The van der Waals surface area contributed by atoms with Crippen molar-refractivity contribution in [2.24, 2.45) is 11.3 Å². The molecule has 1 aliphatic carbocycles. The van der Waals surface area contributed by atoms with Crippen LogP contribution >= 0.6 is 11.6 Å². The van der Waals surface area contributed by atoms with Gasteiger partial charge in [-0.25, -0.2) is 4.39 Å². The highest BCUT2D eigenvalue weighted by atomic mass is 35.5. The number of nitrogens with one attached hydrogen (secondary N) is 1. The summed E-state index contributed by atoms with van der Waals surface area (Å²) in [4.78, 5) is 12.5. The number of amides is 1. The second kappa shape index (κ2) is 6.20. The molecule has 3 rings (SSSR count). The molecule has 0 saturated heterocycles. The van der Waals surface area contributed by atoms with Crippen molar-refractivity contribution in [3.8, 4) is 0 Å². The maximum atomic E-state index is 13.2. The van der Waals surface area contributed by atoms with Crippen LogP contribution in [0.15, 0.2) is 22.7 Å². The summed E-state index contributed by atoms with van der Waals surface area (Å²) in [6, 6.07) is 4.05. The highest BCUT2D eigenvalue weighted by Crippen LogP contribution is 2.38. The highest BCUT2D eigenvalue weighted by Gasteiger charge is 2.34. The third kappa shape index (κ3) is 3.31. The van der Waals surface area contributed by atoms with Gasteiger partial charge in [0, 0.05) is 17.7 Å². The van der Waals surface area contributed by atoms with E-state index in [0.717, 1.165) is 30.6 Å². The smallest absolute Gasteiger partial charge is 0.278 e. The Labute approximate surface area is 145 Å². The van der Waals surface area contributed by atoms with Crippen molar-refractivity contribution < 1.29 is 13.7 Å². The molecule has 0 fully saturated rings. The molecule has 1 unspecified atom stereocenters. The number of anilines is 1. The summed E-state index contributed by atoms with van der Waals surface area (Å²) >= 11 is 5.75. The fourth-order valence-electron chi connectivity index (χ4n) is 3.09. The number of benzene rings is 1. The van der Waals surface area contributed by atoms with Gasteiger partial charge in [-0.2, -0.15) is 0 Å². The van der Waals surface area contributed by atoms with Gasteiger partial charge in [0.1, 0.15) is 11.6 Å². The van der Waals surface area contributed by atoms with E-state index in [0.29, 0.717) is 17.3 Å². The fourth-order valence-corrected chi connectivity index (χ4v) is 3.27. The number of aromatic nitrogens is 1. The maximum Gasteiger partial charge on any atom is 0.278 e. The number of aryl methyl sites for hydroxylation is 1. The molecule has 0 bridgehead atoms. The first-order chi connectivity index (χ1) is 11.3. The number of carbonyl (C=O) groups excluding carboxylic acids is 1. The molecule has 1 aromatic carbocycles. The largest absolute Gasteiger partial charge is 0.360 e. The summed E-state index contributed by atoms with van der Waals surface area (Å²) < 4.78 is 18.6. The summed E-state index contributed by atoms with van der Waals surface area (Å²) in [7, 11) is 0. The molecule has 2 aromatic rings. The van der Waals surface area contributed by atoms with Crippen molar-refractivity contribution >= 4 is 23.2 Å². The first-order valence-corrected chi connectivity index (χ1v) is 8.37. The molecule has 128 valence electrons. The van der Waals surface area contributed by atoms with Gasteiger partial charge in [0.15, 0.2) is 5.69 Å². The number of rotatable bonds is 2. The van der Waals surface area contributed by atoms with Crippen molar-refractivity contribution in [1.29, 1.82) is 0 Å². The van der Waals surface area contributed by atoms with E-state index in [1.54, 1.807) is 0 Å². The van der Waals surface area contributed by atoms with Crippen LogP contribution in [-0.2, 0) is 12.8 Å². The third-order valence-corrected chi connectivity index (χ3v) is 4.95. The predicted molar refractivity (Wildman–Crippen MR) is 90.8 cm³/mol. The minimum atomic E-state index is -0.526. The van der Waals surface area contributed by atoms with E-state index < -0.39 is 5.82 Å². The molecule has 1 aliphatic rings. The van der Waals surface area contributed by atoms with E-state index in [1.165, 1.54) is 18.2 Å². The summed E-state index contributed by atoms with van der Waals surface area (Å²) in [5.41, 5.74) is 1.77. The second-order valence-corrected chi connectivity index (χ2v) is 7.73. The van der Waals surface area contributed by atoms with Crippen LogP contribution in [0.5, 0.6) is 0 Å². The molecule has 0 radical (unpaired) electrons. The first-order valence-electron chi connectivity index (χ1n) is 7.99. The SMILES string of the molecule is CC(C)(C)C1CCc2onc(C(=O)Nc3ccc(F)c(Cl)c3)c2C1. The molecule has 0 spiro atoms. The average Bonchev–Trinajstić information content (AvgIpc) is 2.93. The predicted octanol–water partition coefficient (Wildman–Crippen LogP) is 4.87. The molecule has 1 aromatic heterocycles. The second-order valence-electron chi connectivity index (χ2n) is 7.32. The van der Waals surface area contributed by atoms with E-state index in [4.69, 9.17) is 16.1 Å². The molecule has 0 saturated carbocycles. The zero-order valence-corrected chi connectivity index (χ0v) is 14.7. The zero-order valence-electron chi connectivity index (χ0n) is 14.0. The molecule has 4 nitrogen and oxygen atoms in total. The Kier molecular flexibility index (Phi) is 4.38. The van der Waals surface area contributed by atoms with E-state index >= 15 is 0 Å². The fraction of sp³-hybridized carbons (Fsp3) is 0.444. The van der Waals surface area contributed by atoms with Crippen molar-refractivity contribution in [2.75, 3.05) is 5.32 Å². The lowest BCUT2D eigenvalue weighted by Gasteiger charge is -2.33. The van der Waals surface area contributed by atoms with E-state index in [9.17, 15) is 9.18 Å². The van der Waals surface area contributed by atoms with Gasteiger partial charge in [-0.1, -0.05) is 37.5 Å². The molecule has 1 atom stereocenters. The van der Waals surface area contributed by atoms with Crippen molar-refractivity contribution in [3.05, 3.63) is 46.1 Å². The molecular formula is C18H20ClFN2O2. The Morgan fingerprint density at radius 3 is 2.83 bits per heavy atom. The van der Waals surface area contributed by atoms with Crippen molar-refractivity contribution in [3.63, 3.8) is 0 Å².